The second-order valence-corrected chi connectivity index (χ2v) is 6.41. The summed E-state index contributed by atoms with van der Waals surface area (Å²) in [5.74, 6) is 1.38. The summed E-state index contributed by atoms with van der Waals surface area (Å²) in [7, 11) is 0. The average Bonchev–Trinajstić information content (AvgIpc) is 2.53. The van der Waals surface area contributed by atoms with Crippen molar-refractivity contribution in [2.75, 3.05) is 6.61 Å². The maximum absolute atomic E-state index is 10.2. The Hall–Kier alpha value is -1.02. The molecule has 0 heterocycles. The molecular weight excluding hydrogens is 248 g/mol. The van der Waals surface area contributed by atoms with Crippen LogP contribution in [0.3, 0.4) is 0 Å². The normalized spacial score (nSPS) is 21.2. The van der Waals surface area contributed by atoms with Gasteiger partial charge >= 0.3 is 0 Å². The van der Waals surface area contributed by atoms with Crippen molar-refractivity contribution in [2.24, 2.45) is 5.92 Å². The molecule has 0 aliphatic heterocycles. The molecule has 0 radical (unpaired) electrons. The highest BCUT2D eigenvalue weighted by molar-refractivity contribution is 5.37. The fraction of sp³-hybridized carbons (Fsp3) is 0.667. The van der Waals surface area contributed by atoms with Gasteiger partial charge in [0, 0.05) is 0 Å². The van der Waals surface area contributed by atoms with Crippen LogP contribution < -0.4 is 4.74 Å². The van der Waals surface area contributed by atoms with Gasteiger partial charge in [-0.2, -0.15) is 0 Å². The van der Waals surface area contributed by atoms with Crippen molar-refractivity contribution >= 4 is 0 Å². The van der Waals surface area contributed by atoms with Crippen LogP contribution in [0.4, 0.5) is 0 Å². The number of ether oxygens (including phenoxy) is 1. The minimum atomic E-state index is -0.300. The van der Waals surface area contributed by atoms with Gasteiger partial charge < -0.3 is 9.84 Å². The van der Waals surface area contributed by atoms with Crippen LogP contribution in [0.25, 0.3) is 0 Å². The number of aliphatic hydroxyl groups excluding tert-OH is 1. The highest BCUT2D eigenvalue weighted by Crippen LogP contribution is 2.28. The Morgan fingerprint density at radius 3 is 2.55 bits per heavy atom. The predicted octanol–water partition coefficient (Wildman–Crippen LogP) is 3.89. The van der Waals surface area contributed by atoms with E-state index < -0.39 is 0 Å². The molecule has 1 saturated carbocycles. The van der Waals surface area contributed by atoms with Gasteiger partial charge in [-0.05, 0) is 67.7 Å². The molecule has 2 heteroatoms. The smallest absolute Gasteiger partial charge is 0.119 e. The van der Waals surface area contributed by atoms with E-state index in [2.05, 4.69) is 18.2 Å². The standard InChI is InChI=1S/C18H26O2/c19-18(15-7-2-1-3-8-15)13-20-17-11-10-14-6-4-5-9-16(14)12-17/h10-12,15,18-19H,1-9,13H2. The van der Waals surface area contributed by atoms with Crippen molar-refractivity contribution in [3.63, 3.8) is 0 Å². The van der Waals surface area contributed by atoms with Gasteiger partial charge in [-0.3, -0.25) is 0 Å². The first-order chi connectivity index (χ1) is 9.83. The third-order valence-corrected chi connectivity index (χ3v) is 4.93. The van der Waals surface area contributed by atoms with Crippen LogP contribution in [0.5, 0.6) is 5.75 Å². The molecule has 1 aromatic carbocycles. The zero-order chi connectivity index (χ0) is 13.8. The van der Waals surface area contributed by atoms with Gasteiger partial charge in [0.25, 0.3) is 0 Å². The molecule has 2 aliphatic carbocycles. The summed E-state index contributed by atoms with van der Waals surface area (Å²) in [6, 6.07) is 6.46. The fourth-order valence-electron chi connectivity index (χ4n) is 3.64. The van der Waals surface area contributed by atoms with Crippen LogP contribution in [0.1, 0.15) is 56.1 Å². The molecule has 0 spiro atoms. The SMILES string of the molecule is OC(COc1ccc2c(c1)CCCC2)C1CCCCC1. The van der Waals surface area contributed by atoms with Crippen molar-refractivity contribution in [3.8, 4) is 5.75 Å². The molecule has 1 fully saturated rings. The van der Waals surface area contributed by atoms with Gasteiger partial charge in [0.1, 0.15) is 12.4 Å². The molecule has 110 valence electrons. The van der Waals surface area contributed by atoms with E-state index in [4.69, 9.17) is 4.74 Å². The quantitative estimate of drug-likeness (QED) is 0.902. The minimum absolute atomic E-state index is 0.300. The van der Waals surface area contributed by atoms with Crippen molar-refractivity contribution in [3.05, 3.63) is 29.3 Å². The number of benzene rings is 1. The lowest BCUT2D eigenvalue weighted by molar-refractivity contribution is 0.0413. The number of rotatable bonds is 4. The number of hydrogen-bond donors (Lipinski definition) is 1. The zero-order valence-electron chi connectivity index (χ0n) is 12.3. The Labute approximate surface area is 122 Å². The number of aliphatic hydroxyl groups is 1. The van der Waals surface area contributed by atoms with Crippen LogP contribution >= 0.6 is 0 Å². The van der Waals surface area contributed by atoms with E-state index in [0.717, 1.165) is 18.6 Å². The maximum atomic E-state index is 10.2. The second kappa shape index (κ2) is 6.62. The van der Waals surface area contributed by atoms with Crippen molar-refractivity contribution < 1.29 is 9.84 Å². The summed E-state index contributed by atoms with van der Waals surface area (Å²) in [4.78, 5) is 0. The zero-order valence-corrected chi connectivity index (χ0v) is 12.3. The van der Waals surface area contributed by atoms with Crippen molar-refractivity contribution in [1.82, 2.24) is 0 Å². The summed E-state index contributed by atoms with van der Waals surface area (Å²) in [6.45, 7) is 0.448. The Kier molecular flexibility index (Phi) is 4.62. The van der Waals surface area contributed by atoms with E-state index in [0.29, 0.717) is 12.5 Å². The molecule has 0 aromatic heterocycles. The van der Waals surface area contributed by atoms with E-state index in [9.17, 15) is 5.11 Å². The molecule has 3 rings (SSSR count). The topological polar surface area (TPSA) is 29.5 Å². The van der Waals surface area contributed by atoms with Crippen LogP contribution in [0.2, 0.25) is 0 Å². The van der Waals surface area contributed by atoms with Gasteiger partial charge in [0.05, 0.1) is 6.10 Å². The van der Waals surface area contributed by atoms with Crippen LogP contribution in [-0.2, 0) is 12.8 Å². The van der Waals surface area contributed by atoms with Crippen molar-refractivity contribution in [1.29, 1.82) is 0 Å². The first-order valence-corrected chi connectivity index (χ1v) is 8.25. The van der Waals surface area contributed by atoms with E-state index in [1.54, 1.807) is 0 Å². The first kappa shape index (κ1) is 13.9. The molecule has 0 bridgehead atoms. The number of fused-ring (bicyclic) bond motifs is 1. The molecule has 1 aromatic rings. The molecule has 2 aliphatic rings. The third kappa shape index (κ3) is 3.35. The molecule has 1 atom stereocenters. The predicted molar refractivity (Wildman–Crippen MR) is 81.2 cm³/mol. The summed E-state index contributed by atoms with van der Waals surface area (Å²) in [6.07, 6.45) is 10.9. The van der Waals surface area contributed by atoms with Gasteiger partial charge in [0.2, 0.25) is 0 Å². The monoisotopic (exact) mass is 274 g/mol. The van der Waals surface area contributed by atoms with Crippen LogP contribution in [-0.4, -0.2) is 17.8 Å². The lowest BCUT2D eigenvalue weighted by atomic mass is 9.85. The van der Waals surface area contributed by atoms with Crippen LogP contribution in [0.15, 0.2) is 18.2 Å². The molecule has 1 unspecified atom stereocenters. The Morgan fingerprint density at radius 2 is 1.75 bits per heavy atom. The maximum Gasteiger partial charge on any atom is 0.119 e. The number of hydrogen-bond acceptors (Lipinski definition) is 2. The first-order valence-electron chi connectivity index (χ1n) is 8.25. The summed E-state index contributed by atoms with van der Waals surface area (Å²) in [5.41, 5.74) is 2.93. The van der Waals surface area contributed by atoms with Crippen molar-refractivity contribution in [2.45, 2.75) is 63.9 Å². The minimum Gasteiger partial charge on any atom is -0.491 e. The summed E-state index contributed by atoms with van der Waals surface area (Å²) >= 11 is 0. The van der Waals surface area contributed by atoms with Gasteiger partial charge in [-0.1, -0.05) is 25.3 Å². The van der Waals surface area contributed by atoms with E-state index in [1.807, 2.05) is 0 Å². The average molecular weight is 274 g/mol. The Bertz CT molecular complexity index is 435. The Morgan fingerprint density at radius 1 is 1.00 bits per heavy atom. The molecule has 20 heavy (non-hydrogen) atoms. The molecule has 0 saturated heterocycles. The molecule has 2 nitrogen and oxygen atoms in total. The van der Waals surface area contributed by atoms with Gasteiger partial charge in [-0.15, -0.1) is 0 Å². The fourth-order valence-corrected chi connectivity index (χ4v) is 3.64. The van der Waals surface area contributed by atoms with Gasteiger partial charge in [0.15, 0.2) is 0 Å². The van der Waals surface area contributed by atoms with E-state index in [1.165, 1.54) is 56.1 Å². The Balaban J connectivity index is 1.55. The lowest BCUT2D eigenvalue weighted by Gasteiger charge is -2.26. The molecular formula is C18H26O2. The van der Waals surface area contributed by atoms with Crippen LogP contribution in [0, 0.1) is 5.92 Å². The van der Waals surface area contributed by atoms with E-state index in [-0.39, 0.29) is 6.10 Å². The molecule has 0 amide bonds. The highest BCUT2D eigenvalue weighted by Gasteiger charge is 2.22. The lowest BCUT2D eigenvalue weighted by Crippen LogP contribution is -2.28. The van der Waals surface area contributed by atoms with E-state index >= 15 is 0 Å². The summed E-state index contributed by atoms with van der Waals surface area (Å²) in [5, 5.41) is 10.2. The number of aryl methyl sites for hydroxylation is 2. The third-order valence-electron chi connectivity index (χ3n) is 4.93. The molecule has 1 N–H and O–H groups in total. The largest absolute Gasteiger partial charge is 0.491 e. The highest BCUT2D eigenvalue weighted by atomic mass is 16.5. The van der Waals surface area contributed by atoms with Gasteiger partial charge in [-0.25, -0.2) is 0 Å². The second-order valence-electron chi connectivity index (χ2n) is 6.41. The summed E-state index contributed by atoms with van der Waals surface area (Å²) < 4.78 is 5.84.